The van der Waals surface area contributed by atoms with E-state index in [-0.39, 0.29) is 0 Å². The predicted octanol–water partition coefficient (Wildman–Crippen LogP) is 1.30. The maximum atomic E-state index is 5.34. The van der Waals surface area contributed by atoms with Gasteiger partial charge in [-0.1, -0.05) is 12.1 Å². The van der Waals surface area contributed by atoms with Gasteiger partial charge < -0.3 is 18.3 Å². The standard InChI is InChI=1S/C11H18O4Si/c1-12-10-7-5-6-9(11(10)13-2)8-16(14-3)15-4/h5-7,16H,8H2,1-4H3. The zero-order valence-corrected chi connectivity index (χ0v) is 11.3. The monoisotopic (exact) mass is 242 g/mol. The molecule has 0 saturated carbocycles. The number of hydrogen-bond donors (Lipinski definition) is 0. The van der Waals surface area contributed by atoms with Gasteiger partial charge in [0.15, 0.2) is 11.5 Å². The summed E-state index contributed by atoms with van der Waals surface area (Å²) in [6.45, 7) is 0. The van der Waals surface area contributed by atoms with Crippen molar-refractivity contribution in [2.45, 2.75) is 6.04 Å². The first-order valence-electron chi connectivity index (χ1n) is 5.02. The predicted molar refractivity (Wildman–Crippen MR) is 64.4 cm³/mol. The summed E-state index contributed by atoms with van der Waals surface area (Å²) in [4.78, 5) is 0. The van der Waals surface area contributed by atoms with Gasteiger partial charge in [-0.15, -0.1) is 0 Å². The van der Waals surface area contributed by atoms with Crippen LogP contribution >= 0.6 is 0 Å². The summed E-state index contributed by atoms with van der Waals surface area (Å²) in [6.07, 6.45) is 0. The van der Waals surface area contributed by atoms with Crippen LogP contribution in [0.25, 0.3) is 0 Å². The van der Waals surface area contributed by atoms with Gasteiger partial charge in [-0.2, -0.15) is 0 Å². The van der Waals surface area contributed by atoms with E-state index < -0.39 is 9.28 Å². The Morgan fingerprint density at radius 1 is 1.00 bits per heavy atom. The zero-order chi connectivity index (χ0) is 12.0. The molecule has 0 fully saturated rings. The highest BCUT2D eigenvalue weighted by atomic mass is 28.3. The second-order valence-electron chi connectivity index (χ2n) is 3.26. The molecule has 0 heterocycles. The largest absolute Gasteiger partial charge is 0.493 e. The molecule has 1 aromatic rings. The fourth-order valence-corrected chi connectivity index (χ4v) is 2.76. The van der Waals surface area contributed by atoms with Crippen LogP contribution in [0.1, 0.15) is 5.56 Å². The molecule has 0 aliphatic carbocycles. The molecular weight excluding hydrogens is 224 g/mol. The first kappa shape index (κ1) is 13.0. The van der Waals surface area contributed by atoms with Gasteiger partial charge in [0.05, 0.1) is 14.2 Å². The Morgan fingerprint density at radius 3 is 2.19 bits per heavy atom. The van der Waals surface area contributed by atoms with Crippen molar-refractivity contribution in [1.82, 2.24) is 0 Å². The average molecular weight is 242 g/mol. The summed E-state index contributed by atoms with van der Waals surface area (Å²) in [5.74, 6) is 1.50. The van der Waals surface area contributed by atoms with Crippen LogP contribution in [0, 0.1) is 0 Å². The highest BCUT2D eigenvalue weighted by molar-refractivity contribution is 6.43. The van der Waals surface area contributed by atoms with Gasteiger partial charge in [0.2, 0.25) is 0 Å². The van der Waals surface area contributed by atoms with Crippen molar-refractivity contribution in [2.24, 2.45) is 0 Å². The van der Waals surface area contributed by atoms with Gasteiger partial charge in [0.1, 0.15) is 0 Å². The van der Waals surface area contributed by atoms with E-state index in [1.54, 1.807) is 28.4 Å². The third kappa shape index (κ3) is 2.97. The van der Waals surface area contributed by atoms with Crippen LogP contribution < -0.4 is 9.47 Å². The SMILES string of the molecule is COc1cccc(C[SiH](OC)OC)c1OC. The van der Waals surface area contributed by atoms with Crippen LogP contribution in [0.5, 0.6) is 11.5 Å². The first-order chi connectivity index (χ1) is 7.76. The molecule has 4 nitrogen and oxygen atoms in total. The quantitative estimate of drug-likeness (QED) is 0.705. The first-order valence-corrected chi connectivity index (χ1v) is 6.78. The normalized spacial score (nSPS) is 10.6. The van der Waals surface area contributed by atoms with Crippen molar-refractivity contribution in [3.8, 4) is 11.5 Å². The molecule has 0 unspecified atom stereocenters. The number of para-hydroxylation sites is 1. The van der Waals surface area contributed by atoms with Crippen molar-refractivity contribution >= 4 is 9.28 Å². The summed E-state index contributed by atoms with van der Waals surface area (Å²) in [5, 5.41) is 0. The number of ether oxygens (including phenoxy) is 2. The average Bonchev–Trinajstić information content (AvgIpc) is 2.35. The van der Waals surface area contributed by atoms with Crippen molar-refractivity contribution in [3.05, 3.63) is 23.8 Å². The highest BCUT2D eigenvalue weighted by Gasteiger charge is 2.16. The van der Waals surface area contributed by atoms with E-state index in [0.717, 1.165) is 23.1 Å². The minimum atomic E-state index is -1.63. The molecule has 1 rings (SSSR count). The summed E-state index contributed by atoms with van der Waals surface area (Å²) in [7, 11) is 4.98. The van der Waals surface area contributed by atoms with E-state index in [2.05, 4.69) is 0 Å². The van der Waals surface area contributed by atoms with Gasteiger partial charge in [-0.25, -0.2) is 0 Å². The van der Waals surface area contributed by atoms with Crippen LogP contribution in [0.3, 0.4) is 0 Å². The van der Waals surface area contributed by atoms with Gasteiger partial charge in [0, 0.05) is 20.3 Å². The summed E-state index contributed by atoms with van der Waals surface area (Å²) in [6, 6.07) is 6.57. The number of rotatable bonds is 6. The van der Waals surface area contributed by atoms with Crippen molar-refractivity contribution < 1.29 is 18.3 Å². The number of methoxy groups -OCH3 is 2. The van der Waals surface area contributed by atoms with Crippen molar-refractivity contribution in [2.75, 3.05) is 28.4 Å². The summed E-state index contributed by atoms with van der Waals surface area (Å²) >= 11 is 0. The molecule has 1 aromatic carbocycles. The Bertz CT molecular complexity index is 326. The lowest BCUT2D eigenvalue weighted by molar-refractivity contribution is 0.276. The topological polar surface area (TPSA) is 36.9 Å². The molecule has 0 saturated heterocycles. The molecule has 90 valence electrons. The molecule has 0 N–H and O–H groups in total. The minimum absolute atomic E-state index is 0.736. The van der Waals surface area contributed by atoms with E-state index in [1.807, 2.05) is 18.2 Å². The van der Waals surface area contributed by atoms with Gasteiger partial charge in [-0.3, -0.25) is 0 Å². The Kier molecular flexibility index (Phi) is 5.31. The smallest absolute Gasteiger partial charge is 0.325 e. The van der Waals surface area contributed by atoms with Crippen LogP contribution in [-0.4, -0.2) is 37.7 Å². The molecule has 0 spiro atoms. The van der Waals surface area contributed by atoms with Crippen molar-refractivity contribution in [1.29, 1.82) is 0 Å². The molecule has 0 radical (unpaired) electrons. The fourth-order valence-electron chi connectivity index (χ4n) is 1.56. The molecule has 0 aliphatic heterocycles. The van der Waals surface area contributed by atoms with E-state index >= 15 is 0 Å². The lowest BCUT2D eigenvalue weighted by Gasteiger charge is -2.15. The highest BCUT2D eigenvalue weighted by Crippen LogP contribution is 2.31. The van der Waals surface area contributed by atoms with Gasteiger partial charge >= 0.3 is 9.28 Å². The molecule has 0 amide bonds. The van der Waals surface area contributed by atoms with Gasteiger partial charge in [0.25, 0.3) is 0 Å². The summed E-state index contributed by atoms with van der Waals surface area (Å²) < 4.78 is 21.2. The Morgan fingerprint density at radius 2 is 1.69 bits per heavy atom. The minimum Gasteiger partial charge on any atom is -0.493 e. The third-order valence-corrected chi connectivity index (χ3v) is 4.22. The van der Waals surface area contributed by atoms with Crippen LogP contribution in [0.4, 0.5) is 0 Å². The number of benzene rings is 1. The lowest BCUT2D eigenvalue weighted by atomic mass is 10.2. The lowest BCUT2D eigenvalue weighted by Crippen LogP contribution is -2.23. The molecule has 0 aromatic heterocycles. The zero-order valence-electron chi connectivity index (χ0n) is 10.1. The molecule has 16 heavy (non-hydrogen) atoms. The molecule has 0 atom stereocenters. The van der Waals surface area contributed by atoms with E-state index in [1.165, 1.54) is 0 Å². The van der Waals surface area contributed by atoms with Crippen molar-refractivity contribution in [3.63, 3.8) is 0 Å². The van der Waals surface area contributed by atoms with E-state index in [0.29, 0.717) is 0 Å². The molecule has 0 bridgehead atoms. The van der Waals surface area contributed by atoms with Crippen LogP contribution in [0.15, 0.2) is 18.2 Å². The van der Waals surface area contributed by atoms with Gasteiger partial charge in [-0.05, 0) is 11.6 Å². The maximum Gasteiger partial charge on any atom is 0.325 e. The Hall–Kier alpha value is -1.04. The number of hydrogen-bond acceptors (Lipinski definition) is 4. The summed E-state index contributed by atoms with van der Waals surface area (Å²) in [5.41, 5.74) is 1.06. The molecule has 5 heteroatoms. The second-order valence-corrected chi connectivity index (χ2v) is 5.47. The fraction of sp³-hybridized carbons (Fsp3) is 0.455. The second kappa shape index (κ2) is 6.52. The van der Waals surface area contributed by atoms with Crippen LogP contribution in [0.2, 0.25) is 0 Å². The Labute approximate surface area is 97.9 Å². The maximum absolute atomic E-state index is 5.34. The van der Waals surface area contributed by atoms with E-state index in [4.69, 9.17) is 18.3 Å². The van der Waals surface area contributed by atoms with Crippen LogP contribution in [-0.2, 0) is 14.9 Å². The Balaban J connectivity index is 2.94. The van der Waals surface area contributed by atoms with E-state index in [9.17, 15) is 0 Å². The molecule has 0 aliphatic rings. The third-order valence-electron chi connectivity index (χ3n) is 2.40. The molecular formula is C11H18O4Si.